The summed E-state index contributed by atoms with van der Waals surface area (Å²) in [6, 6.07) is 12.8. The van der Waals surface area contributed by atoms with Crippen molar-refractivity contribution in [3.8, 4) is 0 Å². The van der Waals surface area contributed by atoms with Gasteiger partial charge < -0.3 is 4.99 Å². The summed E-state index contributed by atoms with van der Waals surface area (Å²) in [5, 5.41) is 5.05. The number of hydrogen-bond acceptors (Lipinski definition) is 1. The second-order valence-corrected chi connectivity index (χ2v) is 4.08. The zero-order valence-corrected chi connectivity index (χ0v) is 10.6. The van der Waals surface area contributed by atoms with Gasteiger partial charge in [0.15, 0.2) is 0 Å². The molecule has 0 fully saturated rings. The minimum absolute atomic E-state index is 0. The van der Waals surface area contributed by atoms with E-state index in [2.05, 4.69) is 53.7 Å². The third-order valence-corrected chi connectivity index (χ3v) is 3.20. The monoisotopic (exact) mass is 250 g/mol. The Kier molecular flexibility index (Phi) is 2.39. The molecule has 0 spiro atoms. The maximum absolute atomic E-state index is 4.32. The number of benzene rings is 2. The summed E-state index contributed by atoms with van der Waals surface area (Å²) in [6.07, 6.45) is 7.08. The number of nitrogens with zero attached hydrogens (tertiary/aromatic N) is 1. The Bertz CT molecular complexity index is 847. The molecule has 1 nitrogen and oxygen atoms in total. The molecule has 0 atom stereocenters. The van der Waals surface area contributed by atoms with Crippen LogP contribution in [-0.4, -0.2) is 6.21 Å². The van der Waals surface area contributed by atoms with E-state index in [-0.39, 0.29) is 21.7 Å². The van der Waals surface area contributed by atoms with E-state index < -0.39 is 0 Å². The van der Waals surface area contributed by atoms with Crippen molar-refractivity contribution >= 4 is 24.1 Å². The molecule has 4 rings (SSSR count). The number of fused-ring (bicyclic) bond motifs is 4. The fourth-order valence-corrected chi connectivity index (χ4v) is 2.44. The first-order valence-corrected chi connectivity index (χ1v) is 5.34. The molecule has 2 heteroatoms. The predicted molar refractivity (Wildman–Crippen MR) is 64.9 cm³/mol. The molecule has 2 aromatic rings. The second-order valence-electron chi connectivity index (χ2n) is 4.08. The van der Waals surface area contributed by atoms with Gasteiger partial charge in [0.05, 0.1) is 0 Å². The van der Waals surface area contributed by atoms with Gasteiger partial charge in [0.25, 0.3) is 0 Å². The molecule has 1 heterocycles. The summed E-state index contributed by atoms with van der Waals surface area (Å²) in [5.74, 6) is 0. The SMILES string of the molecule is [C-]1=Nc2c3c(ccc2=C1)=c1ccccc1=C3.[Ti]. The van der Waals surface area contributed by atoms with Crippen LogP contribution >= 0.6 is 0 Å². The first kappa shape index (κ1) is 10.7. The fourth-order valence-electron chi connectivity index (χ4n) is 2.44. The first-order valence-electron chi connectivity index (χ1n) is 5.34. The Morgan fingerprint density at radius 3 is 2.71 bits per heavy atom. The van der Waals surface area contributed by atoms with Crippen LogP contribution in [0.25, 0.3) is 12.2 Å². The summed E-state index contributed by atoms with van der Waals surface area (Å²) < 4.78 is 0. The van der Waals surface area contributed by atoms with Crippen LogP contribution in [0.15, 0.2) is 41.4 Å². The van der Waals surface area contributed by atoms with Gasteiger partial charge >= 0.3 is 0 Å². The molecule has 0 radical (unpaired) electrons. The molecule has 0 amide bonds. The van der Waals surface area contributed by atoms with Crippen molar-refractivity contribution in [3.05, 3.63) is 62.8 Å². The topological polar surface area (TPSA) is 12.4 Å². The largest absolute Gasteiger partial charge is 0.397 e. The second kappa shape index (κ2) is 3.80. The van der Waals surface area contributed by atoms with Gasteiger partial charge in [-0.2, -0.15) is 11.3 Å². The maximum atomic E-state index is 4.32. The number of rotatable bonds is 0. The summed E-state index contributed by atoms with van der Waals surface area (Å²) in [6.45, 7) is 0. The summed E-state index contributed by atoms with van der Waals surface area (Å²) in [7, 11) is 0. The van der Waals surface area contributed by atoms with E-state index in [0.717, 1.165) is 5.69 Å². The zero-order valence-electron chi connectivity index (χ0n) is 9.07. The van der Waals surface area contributed by atoms with Gasteiger partial charge in [0, 0.05) is 21.7 Å². The normalized spacial score (nSPS) is 12.9. The molecule has 0 saturated heterocycles. The van der Waals surface area contributed by atoms with Crippen molar-refractivity contribution in [2.75, 3.05) is 0 Å². The molecule has 1 aliphatic heterocycles. The maximum Gasteiger partial charge on any atom is 0 e. The Labute approximate surface area is 113 Å². The molecule has 0 saturated carbocycles. The molecule has 2 aliphatic rings. The molecule has 1 aliphatic carbocycles. The summed E-state index contributed by atoms with van der Waals surface area (Å²) in [5.41, 5.74) is 2.30. The van der Waals surface area contributed by atoms with Gasteiger partial charge in [-0.3, -0.25) is 0 Å². The average molecular weight is 250 g/mol. The predicted octanol–water partition coefficient (Wildman–Crippen LogP) is 1.49. The van der Waals surface area contributed by atoms with Gasteiger partial charge in [-0.25, -0.2) is 0 Å². The Hall–Kier alpha value is -1.44. The standard InChI is InChI=1S/C15H8N.Ti/c1-2-4-12-11(3-1)9-14-13(12)6-5-10-7-8-16-15(10)14;/h1-7,9H;/q-1;. The first-order chi connectivity index (χ1) is 7.93. The van der Waals surface area contributed by atoms with Crippen LogP contribution < -0.4 is 10.4 Å². The van der Waals surface area contributed by atoms with Crippen LogP contribution in [0.5, 0.6) is 0 Å². The van der Waals surface area contributed by atoms with Crippen molar-refractivity contribution in [2.24, 2.45) is 4.99 Å². The van der Waals surface area contributed by atoms with Gasteiger partial charge in [0.1, 0.15) is 0 Å². The zero-order chi connectivity index (χ0) is 10.5. The average Bonchev–Trinajstić information content (AvgIpc) is 2.92. The third kappa shape index (κ3) is 1.40. The Morgan fingerprint density at radius 1 is 0.882 bits per heavy atom. The van der Waals surface area contributed by atoms with E-state index in [1.54, 1.807) is 0 Å². The molecular weight excluding hydrogens is 242 g/mol. The van der Waals surface area contributed by atoms with Gasteiger partial charge in [-0.15, -0.1) is 6.07 Å². The number of hydrogen-bond donors (Lipinski definition) is 0. The van der Waals surface area contributed by atoms with Crippen molar-refractivity contribution in [1.29, 1.82) is 0 Å². The van der Waals surface area contributed by atoms with Gasteiger partial charge in [-0.05, 0) is 15.7 Å². The van der Waals surface area contributed by atoms with Crippen LogP contribution in [-0.2, 0) is 21.7 Å². The number of aliphatic imine (C=N–C) groups is 1. The molecule has 0 unspecified atom stereocenters. The van der Waals surface area contributed by atoms with Gasteiger partial charge in [0.2, 0.25) is 0 Å². The van der Waals surface area contributed by atoms with Crippen LogP contribution in [0.1, 0.15) is 5.56 Å². The smallest absolute Gasteiger partial charge is 0 e. The van der Waals surface area contributed by atoms with E-state index in [0.29, 0.717) is 0 Å². The van der Waals surface area contributed by atoms with Crippen molar-refractivity contribution in [3.63, 3.8) is 0 Å². The van der Waals surface area contributed by atoms with Crippen molar-refractivity contribution in [2.45, 2.75) is 0 Å². The molecule has 0 bridgehead atoms. The van der Waals surface area contributed by atoms with Gasteiger partial charge in [-0.1, -0.05) is 53.9 Å². The summed E-state index contributed by atoms with van der Waals surface area (Å²) >= 11 is 0. The minimum Gasteiger partial charge on any atom is -0.397 e. The Balaban J connectivity index is 0.000000902. The fraction of sp³-hybridized carbons (Fsp3) is 0. The summed E-state index contributed by atoms with van der Waals surface area (Å²) in [4.78, 5) is 4.32. The van der Waals surface area contributed by atoms with E-state index in [1.807, 2.05) is 6.08 Å². The molecule has 0 N–H and O–H groups in total. The van der Waals surface area contributed by atoms with Crippen molar-refractivity contribution in [1.82, 2.24) is 0 Å². The van der Waals surface area contributed by atoms with Crippen LogP contribution in [0.3, 0.4) is 0 Å². The molecule has 78 valence electrons. The van der Waals surface area contributed by atoms with E-state index >= 15 is 0 Å². The molecule has 0 aromatic heterocycles. The van der Waals surface area contributed by atoms with E-state index in [9.17, 15) is 0 Å². The van der Waals surface area contributed by atoms with E-state index in [4.69, 9.17) is 0 Å². The van der Waals surface area contributed by atoms with Crippen LogP contribution in [0, 0.1) is 10.4 Å². The quantitative estimate of drug-likeness (QED) is 0.423. The molecule has 17 heavy (non-hydrogen) atoms. The third-order valence-electron chi connectivity index (χ3n) is 3.20. The van der Waals surface area contributed by atoms with E-state index in [1.165, 1.54) is 26.4 Å². The molecular formula is C15H8NTi-. The van der Waals surface area contributed by atoms with Crippen LogP contribution in [0.2, 0.25) is 0 Å². The van der Waals surface area contributed by atoms with Crippen molar-refractivity contribution < 1.29 is 21.7 Å². The Morgan fingerprint density at radius 2 is 1.76 bits per heavy atom. The molecule has 2 aromatic carbocycles. The minimum atomic E-state index is 0. The van der Waals surface area contributed by atoms with Crippen LogP contribution in [0.4, 0.5) is 5.69 Å².